The largest absolute Gasteiger partial charge is 0.399 e. The van der Waals surface area contributed by atoms with E-state index in [0.29, 0.717) is 5.56 Å². The lowest BCUT2D eigenvalue weighted by atomic mass is 10.1. The van der Waals surface area contributed by atoms with Crippen molar-refractivity contribution in [2.75, 3.05) is 5.73 Å². The second kappa shape index (κ2) is 8.93. The first-order chi connectivity index (χ1) is 10.7. The highest BCUT2D eigenvalue weighted by atomic mass is 35.5. The second-order valence-electron chi connectivity index (χ2n) is 4.73. The Morgan fingerprint density at radius 3 is 1.96 bits per heavy atom. The maximum absolute atomic E-state index is 10.9. The first kappa shape index (κ1) is 19.5. The number of allylic oxidation sites excluding steroid dienone is 1. The van der Waals surface area contributed by atoms with Crippen molar-refractivity contribution < 1.29 is 13.0 Å². The van der Waals surface area contributed by atoms with Gasteiger partial charge in [0, 0.05) is 12.1 Å². The van der Waals surface area contributed by atoms with Crippen molar-refractivity contribution in [2.45, 2.75) is 13.3 Å². The quantitative estimate of drug-likeness (QED) is 0.619. The van der Waals surface area contributed by atoms with Gasteiger partial charge in [-0.15, -0.1) is 0 Å². The lowest BCUT2D eigenvalue weighted by molar-refractivity contribution is 0.490. The first-order valence-electron chi connectivity index (χ1n) is 6.58. The molecule has 0 unspecified atom stereocenters. The van der Waals surface area contributed by atoms with Crippen LogP contribution >= 0.6 is 23.2 Å². The van der Waals surface area contributed by atoms with Crippen molar-refractivity contribution in [1.82, 2.24) is 0 Å². The van der Waals surface area contributed by atoms with Crippen LogP contribution in [0.1, 0.15) is 11.1 Å². The van der Waals surface area contributed by atoms with Gasteiger partial charge in [0.05, 0.1) is 0 Å². The van der Waals surface area contributed by atoms with Crippen LogP contribution in [0.25, 0.3) is 0 Å². The molecule has 0 aliphatic carbocycles. The smallest absolute Gasteiger partial charge is 0.293 e. The fourth-order valence-electron chi connectivity index (χ4n) is 1.60. The van der Waals surface area contributed by atoms with Crippen LogP contribution in [0.2, 0.25) is 0 Å². The molecule has 4 nitrogen and oxygen atoms in total. The Morgan fingerprint density at radius 2 is 1.57 bits per heavy atom. The second-order valence-corrected chi connectivity index (χ2v) is 7.12. The molecule has 0 radical (unpaired) electrons. The SMILES string of the molecule is Cc1ccc(N)cc1.O=S(=O)(O)C(Cc1ccccc1)=C(Cl)Cl. The van der Waals surface area contributed by atoms with Crippen LogP contribution in [0.5, 0.6) is 0 Å². The van der Waals surface area contributed by atoms with Gasteiger partial charge in [0.15, 0.2) is 0 Å². The van der Waals surface area contributed by atoms with Gasteiger partial charge in [-0.05, 0) is 24.6 Å². The monoisotopic (exact) mass is 373 g/mol. The van der Waals surface area contributed by atoms with Crippen molar-refractivity contribution in [2.24, 2.45) is 0 Å². The lowest BCUT2D eigenvalue weighted by Crippen LogP contribution is -2.05. The van der Waals surface area contributed by atoms with Gasteiger partial charge >= 0.3 is 0 Å². The van der Waals surface area contributed by atoms with Crippen LogP contribution in [-0.4, -0.2) is 13.0 Å². The summed E-state index contributed by atoms with van der Waals surface area (Å²) in [5, 5.41) is 0. The highest BCUT2D eigenvalue weighted by Crippen LogP contribution is 2.22. The molecule has 0 aromatic heterocycles. The highest BCUT2D eigenvalue weighted by Gasteiger charge is 2.18. The summed E-state index contributed by atoms with van der Waals surface area (Å²) in [6.45, 7) is 2.04. The van der Waals surface area contributed by atoms with Crippen LogP contribution in [-0.2, 0) is 16.5 Å². The van der Waals surface area contributed by atoms with E-state index in [-0.39, 0.29) is 6.42 Å². The van der Waals surface area contributed by atoms with E-state index in [1.165, 1.54) is 5.56 Å². The summed E-state index contributed by atoms with van der Waals surface area (Å²) in [6.07, 6.45) is -0.0258. The Morgan fingerprint density at radius 1 is 1.04 bits per heavy atom. The molecule has 0 heterocycles. The number of nitrogen functional groups attached to an aromatic ring is 1. The minimum absolute atomic E-state index is 0.0258. The van der Waals surface area contributed by atoms with E-state index in [1.54, 1.807) is 30.3 Å². The molecule has 0 spiro atoms. The summed E-state index contributed by atoms with van der Waals surface area (Å²) in [4.78, 5) is -0.392. The molecule has 2 aromatic carbocycles. The van der Waals surface area contributed by atoms with Crippen molar-refractivity contribution in [3.63, 3.8) is 0 Å². The molecule has 124 valence electrons. The van der Waals surface area contributed by atoms with E-state index < -0.39 is 19.5 Å². The maximum Gasteiger partial charge on any atom is 0.293 e. The van der Waals surface area contributed by atoms with Gasteiger partial charge in [-0.1, -0.05) is 71.2 Å². The maximum atomic E-state index is 10.9. The molecule has 0 saturated heterocycles. The van der Waals surface area contributed by atoms with Gasteiger partial charge in [0.2, 0.25) is 0 Å². The van der Waals surface area contributed by atoms with Gasteiger partial charge in [0.1, 0.15) is 9.40 Å². The molecule has 0 fully saturated rings. The summed E-state index contributed by atoms with van der Waals surface area (Å²) < 4.78 is 30.2. The van der Waals surface area contributed by atoms with Crippen LogP contribution < -0.4 is 5.73 Å². The minimum atomic E-state index is -4.35. The van der Waals surface area contributed by atoms with E-state index >= 15 is 0 Å². The Kier molecular flexibility index (Phi) is 7.58. The summed E-state index contributed by atoms with van der Waals surface area (Å²) in [6, 6.07) is 16.5. The minimum Gasteiger partial charge on any atom is -0.399 e. The zero-order chi connectivity index (χ0) is 17.5. The normalized spacial score (nSPS) is 10.4. The van der Waals surface area contributed by atoms with E-state index in [1.807, 2.05) is 31.2 Å². The topological polar surface area (TPSA) is 80.4 Å². The Labute approximate surface area is 146 Å². The van der Waals surface area contributed by atoms with Gasteiger partial charge in [-0.25, -0.2) is 0 Å². The number of anilines is 1. The molecule has 0 aliphatic rings. The standard InChI is InChI=1S/C9H8Cl2O3S.C7H9N/c10-9(11)8(15(12,13)14)6-7-4-2-1-3-5-7;1-6-2-4-7(8)5-3-6/h1-5H,6H2,(H,12,13,14);2-5H,8H2,1H3. The number of hydrogen-bond acceptors (Lipinski definition) is 3. The number of nitrogens with two attached hydrogens (primary N) is 1. The first-order valence-corrected chi connectivity index (χ1v) is 8.77. The molecular weight excluding hydrogens is 357 g/mol. The third-order valence-corrected chi connectivity index (χ3v) is 4.46. The molecule has 0 saturated carbocycles. The molecule has 23 heavy (non-hydrogen) atoms. The van der Waals surface area contributed by atoms with Crippen LogP contribution in [0.3, 0.4) is 0 Å². The summed E-state index contributed by atoms with van der Waals surface area (Å²) in [5.41, 5.74) is 8.20. The van der Waals surface area contributed by atoms with E-state index in [4.69, 9.17) is 33.5 Å². The number of halogens is 2. The van der Waals surface area contributed by atoms with Crippen molar-refractivity contribution >= 4 is 39.0 Å². The van der Waals surface area contributed by atoms with Crippen LogP contribution in [0.4, 0.5) is 5.69 Å². The van der Waals surface area contributed by atoms with Gasteiger partial charge in [-0.3, -0.25) is 4.55 Å². The van der Waals surface area contributed by atoms with E-state index in [2.05, 4.69) is 0 Å². The molecule has 2 aromatic rings. The average Bonchev–Trinajstić information content (AvgIpc) is 2.48. The average molecular weight is 374 g/mol. The molecule has 2 rings (SSSR count). The number of hydrogen-bond donors (Lipinski definition) is 2. The molecule has 0 atom stereocenters. The fraction of sp³-hybridized carbons (Fsp3) is 0.125. The van der Waals surface area contributed by atoms with Crippen LogP contribution in [0.15, 0.2) is 64.0 Å². The summed E-state index contributed by atoms with van der Waals surface area (Å²) in [7, 11) is -4.35. The van der Waals surface area contributed by atoms with Gasteiger partial charge in [-0.2, -0.15) is 8.42 Å². The molecule has 0 amide bonds. The number of aryl methyl sites for hydroxylation is 1. The summed E-state index contributed by atoms with van der Waals surface area (Å²) in [5.74, 6) is 0. The van der Waals surface area contributed by atoms with E-state index in [0.717, 1.165) is 5.69 Å². The Hall–Kier alpha value is -1.53. The van der Waals surface area contributed by atoms with Gasteiger partial charge in [0.25, 0.3) is 10.1 Å². The zero-order valence-electron chi connectivity index (χ0n) is 12.4. The number of benzene rings is 2. The van der Waals surface area contributed by atoms with Crippen molar-refractivity contribution in [3.05, 3.63) is 75.1 Å². The third-order valence-electron chi connectivity index (χ3n) is 2.81. The molecule has 0 bridgehead atoms. The summed E-state index contributed by atoms with van der Waals surface area (Å²) >= 11 is 10.8. The zero-order valence-corrected chi connectivity index (χ0v) is 14.7. The highest BCUT2D eigenvalue weighted by molar-refractivity contribution is 7.90. The predicted octanol–water partition coefficient (Wildman–Crippen LogP) is 4.34. The van der Waals surface area contributed by atoms with Crippen molar-refractivity contribution in [1.29, 1.82) is 0 Å². The third kappa shape index (κ3) is 7.52. The Balaban J connectivity index is 0.000000277. The van der Waals surface area contributed by atoms with Gasteiger partial charge < -0.3 is 5.73 Å². The molecule has 3 N–H and O–H groups in total. The Bertz CT molecular complexity index is 733. The fourth-order valence-corrected chi connectivity index (χ4v) is 2.87. The van der Waals surface area contributed by atoms with E-state index in [9.17, 15) is 8.42 Å². The molecule has 7 heteroatoms. The predicted molar refractivity (Wildman–Crippen MR) is 96.0 cm³/mol. The molecular formula is C16H17Cl2NO3S. The molecule has 0 aliphatic heterocycles. The lowest BCUT2D eigenvalue weighted by Gasteiger charge is -2.04. The number of rotatable bonds is 3. The van der Waals surface area contributed by atoms with Crippen molar-refractivity contribution in [3.8, 4) is 0 Å². The van der Waals surface area contributed by atoms with Crippen LogP contribution in [0, 0.1) is 6.92 Å².